The Morgan fingerprint density at radius 2 is 1.85 bits per heavy atom. The van der Waals surface area contributed by atoms with Crippen molar-refractivity contribution in [3.8, 4) is 22.6 Å². The maximum absolute atomic E-state index is 12.7. The highest BCUT2D eigenvalue weighted by Crippen LogP contribution is 2.35. The molecule has 5 nitrogen and oxygen atoms in total. The predicted octanol–water partition coefficient (Wildman–Crippen LogP) is 4.25. The van der Waals surface area contributed by atoms with Gasteiger partial charge in [-0.1, -0.05) is 55.8 Å². The molecule has 0 saturated heterocycles. The molecule has 1 N–H and O–H groups in total. The first-order chi connectivity index (χ1) is 12.5. The number of aromatic nitrogens is 3. The van der Waals surface area contributed by atoms with Gasteiger partial charge in [0, 0.05) is 16.8 Å². The Labute approximate surface area is 152 Å². The van der Waals surface area contributed by atoms with Crippen molar-refractivity contribution in [2.75, 3.05) is 5.32 Å². The van der Waals surface area contributed by atoms with Crippen molar-refractivity contribution in [2.45, 2.75) is 33.4 Å². The quantitative estimate of drug-likeness (QED) is 0.770. The number of aryl methyl sites for hydroxylation is 1. The molecule has 1 atom stereocenters. The Balaban J connectivity index is 1.91. The zero-order chi connectivity index (χ0) is 18.3. The van der Waals surface area contributed by atoms with Crippen LogP contribution < -0.4 is 10.9 Å². The molecule has 3 aromatic rings. The van der Waals surface area contributed by atoms with E-state index in [0.717, 1.165) is 28.8 Å². The van der Waals surface area contributed by atoms with Gasteiger partial charge in [0.15, 0.2) is 11.5 Å². The average molecular weight is 346 g/mol. The second-order valence-corrected chi connectivity index (χ2v) is 7.24. The number of anilines is 1. The van der Waals surface area contributed by atoms with Gasteiger partial charge in [-0.05, 0) is 31.4 Å². The molecule has 4 rings (SSSR count). The largest absolute Gasteiger partial charge is 0.363 e. The van der Waals surface area contributed by atoms with Gasteiger partial charge in [0.25, 0.3) is 5.56 Å². The summed E-state index contributed by atoms with van der Waals surface area (Å²) in [5.41, 5.74) is 3.95. The van der Waals surface area contributed by atoms with Crippen LogP contribution in [0.15, 0.2) is 53.3 Å². The molecule has 0 radical (unpaired) electrons. The smallest absolute Gasteiger partial charge is 0.300 e. The number of fused-ring (bicyclic) bond motifs is 3. The van der Waals surface area contributed by atoms with Crippen LogP contribution in [0.3, 0.4) is 0 Å². The van der Waals surface area contributed by atoms with Crippen LogP contribution in [0.2, 0.25) is 0 Å². The lowest BCUT2D eigenvalue weighted by Gasteiger charge is -2.31. The van der Waals surface area contributed by atoms with Crippen LogP contribution in [0, 0.1) is 12.8 Å². The van der Waals surface area contributed by atoms with Crippen LogP contribution >= 0.6 is 0 Å². The van der Waals surface area contributed by atoms with Crippen LogP contribution in [0.5, 0.6) is 0 Å². The Kier molecular flexibility index (Phi) is 4.07. The third-order valence-electron chi connectivity index (χ3n) is 4.64. The van der Waals surface area contributed by atoms with Crippen molar-refractivity contribution in [1.82, 2.24) is 14.8 Å². The minimum Gasteiger partial charge on any atom is -0.363 e. The van der Waals surface area contributed by atoms with Gasteiger partial charge in [0.05, 0.1) is 0 Å². The molecule has 5 heteroatoms. The molecule has 132 valence electrons. The molecule has 0 fully saturated rings. The molecule has 1 aliphatic rings. The molecule has 1 unspecified atom stereocenters. The highest BCUT2D eigenvalue weighted by molar-refractivity contribution is 5.76. The Morgan fingerprint density at radius 3 is 2.58 bits per heavy atom. The van der Waals surface area contributed by atoms with E-state index in [1.807, 2.05) is 60.1 Å². The summed E-state index contributed by atoms with van der Waals surface area (Å²) < 4.78 is 1.87. The molecular weight excluding hydrogens is 324 g/mol. The lowest BCUT2D eigenvalue weighted by Crippen LogP contribution is -2.32. The minimum absolute atomic E-state index is 0.0304. The van der Waals surface area contributed by atoms with E-state index in [9.17, 15) is 4.79 Å². The zero-order valence-corrected chi connectivity index (χ0v) is 15.2. The summed E-state index contributed by atoms with van der Waals surface area (Å²) in [4.78, 5) is 17.1. The molecule has 1 aliphatic heterocycles. The van der Waals surface area contributed by atoms with Crippen molar-refractivity contribution < 1.29 is 0 Å². The van der Waals surface area contributed by atoms with E-state index in [-0.39, 0.29) is 11.7 Å². The van der Waals surface area contributed by atoms with Gasteiger partial charge in [-0.25, -0.2) is 4.68 Å². The number of nitrogens with zero attached hydrogens (tertiary/aromatic N) is 3. The molecule has 0 spiro atoms. The fourth-order valence-corrected chi connectivity index (χ4v) is 3.34. The normalized spacial score (nSPS) is 15.3. The summed E-state index contributed by atoms with van der Waals surface area (Å²) >= 11 is 0. The fourth-order valence-electron chi connectivity index (χ4n) is 3.34. The predicted molar refractivity (Wildman–Crippen MR) is 104 cm³/mol. The number of rotatable bonds is 3. The number of nitrogens with one attached hydrogen (secondary N) is 1. The summed E-state index contributed by atoms with van der Waals surface area (Å²) in [5.74, 6) is 1.11. The second-order valence-electron chi connectivity index (χ2n) is 7.24. The Bertz CT molecular complexity index is 1010. The fraction of sp³-hybridized carbons (Fsp3) is 0.286. The van der Waals surface area contributed by atoms with Crippen LogP contribution in [0.1, 0.15) is 32.0 Å². The van der Waals surface area contributed by atoms with E-state index in [1.165, 1.54) is 0 Å². The summed E-state index contributed by atoms with van der Waals surface area (Å²) in [7, 11) is 0. The molecule has 0 bridgehead atoms. The monoisotopic (exact) mass is 346 g/mol. The van der Waals surface area contributed by atoms with E-state index >= 15 is 0 Å². The van der Waals surface area contributed by atoms with Crippen LogP contribution in [0.25, 0.3) is 22.6 Å². The first-order valence-electron chi connectivity index (χ1n) is 8.97. The Morgan fingerprint density at radius 1 is 1.12 bits per heavy atom. The number of hydrogen-bond donors (Lipinski definition) is 1. The lowest BCUT2D eigenvalue weighted by molar-refractivity contribution is 0.398. The van der Waals surface area contributed by atoms with Crippen LogP contribution in [-0.4, -0.2) is 14.8 Å². The highest BCUT2D eigenvalue weighted by Gasteiger charge is 2.27. The van der Waals surface area contributed by atoms with Crippen LogP contribution in [0.4, 0.5) is 5.69 Å². The molecule has 26 heavy (non-hydrogen) atoms. The summed E-state index contributed by atoms with van der Waals surface area (Å²) in [6.07, 6.45) is 0.865. The summed E-state index contributed by atoms with van der Waals surface area (Å²) in [6.45, 7) is 6.38. The SMILES string of the molecule is Cc1ccc(-c2nn3c(nc2=O)-c2ccccc2NC3CC(C)C)cc1. The van der Waals surface area contributed by atoms with Gasteiger partial charge in [-0.2, -0.15) is 10.1 Å². The number of para-hydroxylation sites is 1. The molecule has 2 heterocycles. The van der Waals surface area contributed by atoms with Gasteiger partial charge in [0.1, 0.15) is 6.17 Å². The topological polar surface area (TPSA) is 59.8 Å². The molecule has 2 aromatic carbocycles. The molecule has 1 aromatic heterocycles. The summed E-state index contributed by atoms with van der Waals surface area (Å²) in [6, 6.07) is 15.8. The Hall–Kier alpha value is -2.95. The standard InChI is InChI=1S/C21H22N4O/c1-13(2)12-18-22-17-7-5-4-6-16(17)20-23-21(26)19(24-25(18)20)15-10-8-14(3)9-11-15/h4-11,13,18,22H,12H2,1-3H3. The van der Waals surface area contributed by atoms with Crippen molar-refractivity contribution in [3.63, 3.8) is 0 Å². The van der Waals surface area contributed by atoms with Crippen LogP contribution in [-0.2, 0) is 0 Å². The molecule has 0 aliphatic carbocycles. The van der Waals surface area contributed by atoms with E-state index in [4.69, 9.17) is 5.10 Å². The number of benzene rings is 2. The zero-order valence-electron chi connectivity index (χ0n) is 15.2. The third kappa shape index (κ3) is 2.90. The first-order valence-corrected chi connectivity index (χ1v) is 8.97. The second kappa shape index (κ2) is 6.41. The maximum atomic E-state index is 12.7. The van der Waals surface area contributed by atoms with Gasteiger partial charge in [-0.15, -0.1) is 0 Å². The van der Waals surface area contributed by atoms with E-state index < -0.39 is 0 Å². The minimum atomic E-state index is -0.292. The average Bonchev–Trinajstić information content (AvgIpc) is 2.62. The maximum Gasteiger partial charge on any atom is 0.300 e. The molecular formula is C21H22N4O. The van der Waals surface area contributed by atoms with Gasteiger partial charge in [0.2, 0.25) is 0 Å². The lowest BCUT2D eigenvalue weighted by atomic mass is 10.0. The van der Waals surface area contributed by atoms with Crippen molar-refractivity contribution in [3.05, 3.63) is 64.4 Å². The van der Waals surface area contributed by atoms with Gasteiger partial charge < -0.3 is 5.32 Å². The van der Waals surface area contributed by atoms with E-state index in [2.05, 4.69) is 24.1 Å². The van der Waals surface area contributed by atoms with Crippen molar-refractivity contribution >= 4 is 5.69 Å². The van der Waals surface area contributed by atoms with E-state index in [1.54, 1.807) is 0 Å². The van der Waals surface area contributed by atoms with Gasteiger partial charge >= 0.3 is 0 Å². The molecule has 0 saturated carbocycles. The van der Waals surface area contributed by atoms with Crippen molar-refractivity contribution in [1.29, 1.82) is 0 Å². The molecule has 0 amide bonds. The van der Waals surface area contributed by atoms with Crippen molar-refractivity contribution in [2.24, 2.45) is 5.92 Å². The third-order valence-corrected chi connectivity index (χ3v) is 4.64. The first kappa shape index (κ1) is 16.5. The summed E-state index contributed by atoms with van der Waals surface area (Å²) in [5, 5.41) is 8.28. The number of hydrogen-bond acceptors (Lipinski definition) is 4. The van der Waals surface area contributed by atoms with E-state index in [0.29, 0.717) is 17.4 Å². The highest BCUT2D eigenvalue weighted by atomic mass is 16.1. The van der Waals surface area contributed by atoms with Gasteiger partial charge in [-0.3, -0.25) is 4.79 Å².